The molecular weight excluding hydrogens is 288 g/mol. The van der Waals surface area contributed by atoms with Crippen molar-refractivity contribution in [1.82, 2.24) is 0 Å². The van der Waals surface area contributed by atoms with Gasteiger partial charge in [-0.25, -0.2) is 4.79 Å². The Kier molecular flexibility index (Phi) is 7.05. The molecule has 0 bridgehead atoms. The maximum absolute atomic E-state index is 11.6. The molecule has 0 spiro atoms. The molecule has 1 N–H and O–H groups in total. The van der Waals surface area contributed by atoms with E-state index in [1.54, 1.807) is 6.07 Å². The molecule has 0 saturated heterocycles. The number of nitrogens with zero attached hydrogens (tertiary/aromatic N) is 3. The zero-order valence-electron chi connectivity index (χ0n) is 12.1. The van der Waals surface area contributed by atoms with Gasteiger partial charge in [0.25, 0.3) is 5.69 Å². The third-order valence-corrected chi connectivity index (χ3v) is 2.63. The van der Waals surface area contributed by atoms with E-state index in [4.69, 9.17) is 10.00 Å². The summed E-state index contributed by atoms with van der Waals surface area (Å²) in [5.74, 6) is -0.823. The van der Waals surface area contributed by atoms with Crippen molar-refractivity contribution in [1.29, 1.82) is 5.26 Å². The summed E-state index contributed by atoms with van der Waals surface area (Å²) in [5, 5.41) is 23.2. The summed E-state index contributed by atoms with van der Waals surface area (Å²) < 4.78 is 4.91. The van der Waals surface area contributed by atoms with E-state index in [9.17, 15) is 14.9 Å². The number of anilines is 1. The van der Waals surface area contributed by atoms with Crippen LogP contribution in [0.4, 0.5) is 11.4 Å². The van der Waals surface area contributed by atoms with Gasteiger partial charge in [-0.1, -0.05) is 25.8 Å². The summed E-state index contributed by atoms with van der Waals surface area (Å²) in [6.45, 7) is 2.25. The number of hydrogen-bond donors (Lipinski definition) is 1. The second-order valence-corrected chi connectivity index (χ2v) is 4.33. The molecule has 116 valence electrons. The van der Waals surface area contributed by atoms with Crippen LogP contribution in [0, 0.1) is 21.4 Å². The lowest BCUT2D eigenvalue weighted by molar-refractivity contribution is -0.384. The van der Waals surface area contributed by atoms with Gasteiger partial charge in [0.15, 0.2) is 0 Å². The number of carbonyl (C=O) groups is 1. The summed E-state index contributed by atoms with van der Waals surface area (Å²) in [5.41, 5.74) is 2.16. The minimum Gasteiger partial charge on any atom is -0.460 e. The molecule has 8 heteroatoms. The Hall–Kier alpha value is -2.95. The van der Waals surface area contributed by atoms with Crippen LogP contribution in [0.1, 0.15) is 26.2 Å². The number of rotatable bonds is 8. The molecule has 0 unspecified atom stereocenters. The number of nitriles is 1. The normalized spacial score (nSPS) is 10.6. The first-order valence-electron chi connectivity index (χ1n) is 6.73. The van der Waals surface area contributed by atoms with Gasteiger partial charge in [0.05, 0.1) is 17.2 Å². The van der Waals surface area contributed by atoms with Gasteiger partial charge in [-0.3, -0.25) is 15.5 Å². The van der Waals surface area contributed by atoms with Crippen molar-refractivity contribution < 1.29 is 14.5 Å². The highest BCUT2D eigenvalue weighted by Crippen LogP contribution is 2.16. The van der Waals surface area contributed by atoms with Gasteiger partial charge < -0.3 is 4.74 Å². The van der Waals surface area contributed by atoms with Crippen LogP contribution in [-0.2, 0) is 9.53 Å². The fraction of sp³-hybridized carbons (Fsp3) is 0.357. The molecule has 0 radical (unpaired) electrons. The number of nitro benzene ring substituents is 1. The lowest BCUT2D eigenvalue weighted by atomic mass is 10.3. The lowest BCUT2D eigenvalue weighted by Gasteiger charge is -2.03. The number of ether oxygens (including phenoxy) is 1. The average Bonchev–Trinajstić information content (AvgIpc) is 2.52. The van der Waals surface area contributed by atoms with Crippen LogP contribution in [0.3, 0.4) is 0 Å². The summed E-state index contributed by atoms with van der Waals surface area (Å²) in [4.78, 5) is 21.7. The standard InChI is InChI=1S/C14H16N4O4/c1-2-3-4-8-22-14(19)13(10-15)17-16-11-6-5-7-12(9-11)18(20)21/h5-7,9,16H,2-4,8H2,1H3/b17-13-. The molecule has 1 rings (SSSR count). The summed E-state index contributed by atoms with van der Waals surface area (Å²) >= 11 is 0. The van der Waals surface area contributed by atoms with Crippen molar-refractivity contribution >= 4 is 23.1 Å². The number of hydrazone groups is 1. The Morgan fingerprint density at radius 3 is 2.91 bits per heavy atom. The van der Waals surface area contributed by atoms with Gasteiger partial charge in [-0.05, 0) is 12.5 Å². The van der Waals surface area contributed by atoms with Crippen molar-refractivity contribution in [3.63, 3.8) is 0 Å². The van der Waals surface area contributed by atoms with E-state index < -0.39 is 16.6 Å². The van der Waals surface area contributed by atoms with Crippen LogP contribution in [-0.4, -0.2) is 23.2 Å². The Balaban J connectivity index is 2.65. The van der Waals surface area contributed by atoms with E-state index in [1.165, 1.54) is 24.3 Å². The quantitative estimate of drug-likeness (QED) is 0.259. The number of benzene rings is 1. The van der Waals surface area contributed by atoms with E-state index in [2.05, 4.69) is 10.5 Å². The molecule has 0 heterocycles. The van der Waals surface area contributed by atoms with E-state index in [-0.39, 0.29) is 12.3 Å². The van der Waals surface area contributed by atoms with Crippen molar-refractivity contribution in [2.45, 2.75) is 26.2 Å². The van der Waals surface area contributed by atoms with Crippen LogP contribution in [0.25, 0.3) is 0 Å². The second kappa shape index (κ2) is 9.07. The summed E-state index contributed by atoms with van der Waals surface area (Å²) in [7, 11) is 0. The molecule has 22 heavy (non-hydrogen) atoms. The zero-order chi connectivity index (χ0) is 16.4. The molecule has 0 saturated carbocycles. The molecule has 0 aliphatic rings. The highest BCUT2D eigenvalue weighted by Gasteiger charge is 2.13. The van der Waals surface area contributed by atoms with Crippen molar-refractivity contribution in [2.24, 2.45) is 5.10 Å². The van der Waals surface area contributed by atoms with Gasteiger partial charge in [-0.15, -0.1) is 0 Å². The average molecular weight is 304 g/mol. The predicted molar refractivity (Wildman–Crippen MR) is 80.3 cm³/mol. The van der Waals surface area contributed by atoms with Crippen molar-refractivity contribution in [3.8, 4) is 6.07 Å². The number of non-ortho nitro benzene ring substituents is 1. The zero-order valence-corrected chi connectivity index (χ0v) is 12.1. The number of nitrogens with one attached hydrogen (secondary N) is 1. The summed E-state index contributed by atoms with van der Waals surface area (Å²) in [6, 6.07) is 7.18. The predicted octanol–water partition coefficient (Wildman–Crippen LogP) is 2.62. The van der Waals surface area contributed by atoms with E-state index in [0.29, 0.717) is 5.69 Å². The smallest absolute Gasteiger partial charge is 0.369 e. The second-order valence-electron chi connectivity index (χ2n) is 4.33. The highest BCUT2D eigenvalue weighted by atomic mass is 16.6. The molecular formula is C14H16N4O4. The van der Waals surface area contributed by atoms with Gasteiger partial charge in [0, 0.05) is 12.1 Å². The number of hydrogen-bond acceptors (Lipinski definition) is 7. The third-order valence-electron chi connectivity index (χ3n) is 2.63. The molecule has 0 aliphatic carbocycles. The lowest BCUT2D eigenvalue weighted by Crippen LogP contribution is -2.18. The van der Waals surface area contributed by atoms with Crippen LogP contribution >= 0.6 is 0 Å². The topological polar surface area (TPSA) is 118 Å². The largest absolute Gasteiger partial charge is 0.460 e. The minimum atomic E-state index is -0.823. The molecule has 0 amide bonds. The van der Waals surface area contributed by atoms with Crippen LogP contribution in [0.2, 0.25) is 0 Å². The number of carbonyl (C=O) groups excluding carboxylic acids is 1. The van der Waals surface area contributed by atoms with E-state index in [0.717, 1.165) is 19.3 Å². The van der Waals surface area contributed by atoms with Crippen LogP contribution in [0.5, 0.6) is 0 Å². The monoisotopic (exact) mass is 304 g/mol. The summed E-state index contributed by atoms with van der Waals surface area (Å²) in [6.07, 6.45) is 2.64. The van der Waals surface area contributed by atoms with Crippen LogP contribution in [0.15, 0.2) is 29.4 Å². The fourth-order valence-electron chi connectivity index (χ4n) is 1.51. The number of nitro groups is 1. The first kappa shape index (κ1) is 17.1. The molecule has 0 aliphatic heterocycles. The Morgan fingerprint density at radius 1 is 1.50 bits per heavy atom. The van der Waals surface area contributed by atoms with Crippen molar-refractivity contribution in [3.05, 3.63) is 34.4 Å². The maximum atomic E-state index is 11.6. The van der Waals surface area contributed by atoms with Gasteiger partial charge in [0.1, 0.15) is 6.07 Å². The SMILES string of the molecule is CCCCCOC(=O)/C(C#N)=N\Nc1cccc([N+](=O)[O-])c1. The molecule has 0 aromatic heterocycles. The van der Waals surface area contributed by atoms with Crippen LogP contribution < -0.4 is 5.43 Å². The first-order valence-corrected chi connectivity index (χ1v) is 6.73. The van der Waals surface area contributed by atoms with Gasteiger partial charge in [-0.2, -0.15) is 10.4 Å². The Labute approximate surface area is 127 Å². The number of esters is 1. The maximum Gasteiger partial charge on any atom is 0.369 e. The molecule has 8 nitrogen and oxygen atoms in total. The molecule has 1 aromatic carbocycles. The van der Waals surface area contributed by atoms with E-state index in [1.807, 2.05) is 6.92 Å². The fourth-order valence-corrected chi connectivity index (χ4v) is 1.51. The molecule has 1 aromatic rings. The first-order chi connectivity index (χ1) is 10.6. The van der Waals surface area contributed by atoms with Gasteiger partial charge in [0.2, 0.25) is 5.71 Å². The Morgan fingerprint density at radius 2 is 2.27 bits per heavy atom. The molecule has 0 fully saturated rings. The Bertz CT molecular complexity index is 607. The number of unbranched alkanes of at least 4 members (excludes halogenated alkanes) is 2. The van der Waals surface area contributed by atoms with Gasteiger partial charge >= 0.3 is 5.97 Å². The third kappa shape index (κ3) is 5.58. The highest BCUT2D eigenvalue weighted by molar-refractivity contribution is 6.43. The minimum absolute atomic E-state index is 0.124. The van der Waals surface area contributed by atoms with Crippen molar-refractivity contribution in [2.75, 3.05) is 12.0 Å². The molecule has 0 atom stereocenters. The van der Waals surface area contributed by atoms with E-state index >= 15 is 0 Å².